The van der Waals surface area contributed by atoms with Crippen molar-refractivity contribution in [1.82, 2.24) is 15.4 Å². The number of para-hydroxylation sites is 2. The first-order valence-electron chi connectivity index (χ1n) is 10.3. The van der Waals surface area contributed by atoms with Crippen LogP contribution in [0.25, 0.3) is 21.5 Å². The van der Waals surface area contributed by atoms with Gasteiger partial charge in [0, 0.05) is 4.91 Å². The molecule has 0 spiro atoms. The molecule has 0 amide bonds. The van der Waals surface area contributed by atoms with Crippen LogP contribution in [0.2, 0.25) is 0 Å². The second-order valence-electron chi connectivity index (χ2n) is 7.44. The number of hydrogen-bond donors (Lipinski definition) is 1. The van der Waals surface area contributed by atoms with Gasteiger partial charge in [0.2, 0.25) is 0 Å². The highest BCUT2D eigenvalue weighted by Gasteiger charge is 2.59. The fourth-order valence-electron chi connectivity index (χ4n) is 3.26. The third-order valence-corrected chi connectivity index (χ3v) is 8.12. The van der Waals surface area contributed by atoms with E-state index >= 15 is 0 Å². The van der Waals surface area contributed by atoms with E-state index in [0.29, 0.717) is 11.8 Å². The van der Waals surface area contributed by atoms with Crippen LogP contribution < -0.4 is 4.74 Å². The molecule has 4 aromatic rings. The average molecular weight is 597 g/mol. The van der Waals surface area contributed by atoms with Gasteiger partial charge in [0.15, 0.2) is 11.3 Å². The molecule has 19 heteroatoms. The molecule has 1 aromatic heterocycles. The molecule has 0 aliphatic carbocycles. The molecular weight excluding hydrogens is 580 g/mol. The van der Waals surface area contributed by atoms with Crippen molar-refractivity contribution in [1.29, 1.82) is 0 Å². The van der Waals surface area contributed by atoms with Gasteiger partial charge >= 0.3 is 25.4 Å². The van der Waals surface area contributed by atoms with Gasteiger partial charge in [-0.2, -0.15) is 40.7 Å². The van der Waals surface area contributed by atoms with Crippen LogP contribution in [0.1, 0.15) is 5.56 Å². The Morgan fingerprint density at radius 3 is 2.21 bits per heavy atom. The molecule has 3 aromatic carbocycles. The standard InChI is InChI=1S/C20H16N6O10S3/c1-37(27,28)34-20(39(31,32)36-26-24-21,35-38(29,30)14-8-3-2-4-9-14)15-10-5-6-12-17(15)33-18-13-7-11-16-19(18)23-25-22-16/h2-13H,1H3,(H,22,23,25). The molecule has 1 unspecified atom stereocenters. The Hall–Kier alpha value is -4.26. The largest absolute Gasteiger partial charge is 0.454 e. The monoisotopic (exact) mass is 596 g/mol. The van der Waals surface area contributed by atoms with E-state index in [0.717, 1.165) is 24.3 Å². The lowest BCUT2D eigenvalue weighted by atomic mass is 10.2. The van der Waals surface area contributed by atoms with E-state index in [-0.39, 0.29) is 11.3 Å². The summed E-state index contributed by atoms with van der Waals surface area (Å²) in [6, 6.07) is 15.4. The summed E-state index contributed by atoms with van der Waals surface area (Å²) >= 11 is 0. The Morgan fingerprint density at radius 1 is 0.846 bits per heavy atom. The van der Waals surface area contributed by atoms with Gasteiger partial charge < -0.3 is 9.02 Å². The van der Waals surface area contributed by atoms with Gasteiger partial charge in [0.1, 0.15) is 16.5 Å². The summed E-state index contributed by atoms with van der Waals surface area (Å²) in [6.07, 6.45) is 0.433. The van der Waals surface area contributed by atoms with Crippen LogP contribution in [-0.2, 0) is 48.1 Å². The fraction of sp³-hybridized carbons (Fsp3) is 0.100. The maximum Gasteiger partial charge on any atom is 0.380 e. The van der Waals surface area contributed by atoms with Crippen LogP contribution >= 0.6 is 0 Å². The van der Waals surface area contributed by atoms with Crippen molar-refractivity contribution in [3.63, 3.8) is 0 Å². The topological polar surface area (TPSA) is 230 Å². The summed E-state index contributed by atoms with van der Waals surface area (Å²) in [5.74, 6) is -0.464. The predicted octanol–water partition coefficient (Wildman–Crippen LogP) is 2.81. The third kappa shape index (κ3) is 5.77. The lowest BCUT2D eigenvalue weighted by molar-refractivity contribution is -0.0440. The van der Waals surface area contributed by atoms with Gasteiger partial charge in [-0.25, -0.2) is 8.37 Å². The van der Waals surface area contributed by atoms with Crippen LogP contribution in [0.5, 0.6) is 11.5 Å². The normalized spacial score (nSPS) is 13.8. The highest BCUT2D eigenvalue weighted by atomic mass is 32.2. The van der Waals surface area contributed by atoms with Gasteiger partial charge in [-0.1, -0.05) is 36.4 Å². The minimum absolute atomic E-state index is 0.00114. The lowest BCUT2D eigenvalue weighted by Gasteiger charge is -2.30. The van der Waals surface area contributed by atoms with E-state index in [4.69, 9.17) is 18.6 Å². The summed E-state index contributed by atoms with van der Waals surface area (Å²) in [7, 11) is -15.8. The van der Waals surface area contributed by atoms with Gasteiger partial charge in [0.05, 0.1) is 16.7 Å². The van der Waals surface area contributed by atoms with Crippen molar-refractivity contribution >= 4 is 41.4 Å². The van der Waals surface area contributed by atoms with E-state index in [9.17, 15) is 25.3 Å². The summed E-state index contributed by atoms with van der Waals surface area (Å²) in [5, 5.41) is 8.88. The second-order valence-corrected chi connectivity index (χ2v) is 12.2. The summed E-state index contributed by atoms with van der Waals surface area (Å²) in [4.78, 5) is 1.59. The molecule has 0 aliphatic heterocycles. The van der Waals surface area contributed by atoms with Crippen LogP contribution in [0, 0.1) is 0 Å². The molecule has 0 fully saturated rings. The van der Waals surface area contributed by atoms with Crippen molar-refractivity contribution in [2.75, 3.05) is 6.26 Å². The number of aromatic nitrogens is 3. The van der Waals surface area contributed by atoms with Gasteiger partial charge in [0.25, 0.3) is 10.1 Å². The molecule has 1 N–H and O–H groups in total. The number of azide groups is 1. The number of ether oxygens (including phenoxy) is 1. The molecule has 16 nitrogen and oxygen atoms in total. The van der Waals surface area contributed by atoms with Gasteiger partial charge in [-0.05, 0) is 41.9 Å². The van der Waals surface area contributed by atoms with Crippen molar-refractivity contribution in [2.24, 2.45) is 5.28 Å². The van der Waals surface area contributed by atoms with Crippen molar-refractivity contribution < 1.29 is 42.6 Å². The maximum atomic E-state index is 13.4. The smallest absolute Gasteiger partial charge is 0.380 e. The van der Waals surface area contributed by atoms with Crippen LogP contribution in [0.15, 0.2) is 83.0 Å². The van der Waals surface area contributed by atoms with Crippen molar-refractivity contribution in [3.05, 3.63) is 88.8 Å². The molecule has 1 atom stereocenters. The number of hydrogen-bond acceptors (Lipinski definition) is 13. The number of nitrogens with zero attached hydrogens (tertiary/aromatic N) is 5. The molecule has 0 saturated carbocycles. The van der Waals surface area contributed by atoms with Crippen molar-refractivity contribution in [3.8, 4) is 11.5 Å². The Bertz CT molecular complexity index is 1890. The van der Waals surface area contributed by atoms with E-state index in [1.807, 2.05) is 0 Å². The first-order valence-corrected chi connectivity index (χ1v) is 15.0. The summed E-state index contributed by atoms with van der Waals surface area (Å²) < 4.78 is 98.1. The Labute approximate surface area is 221 Å². The first-order chi connectivity index (χ1) is 18.4. The zero-order valence-electron chi connectivity index (χ0n) is 19.5. The maximum absolute atomic E-state index is 13.4. The molecular formula is C20H16N6O10S3. The van der Waals surface area contributed by atoms with E-state index in [1.165, 1.54) is 42.5 Å². The SMILES string of the molecule is CS(=O)(=O)OC(OS(=O)(=O)c1ccccc1)(c1ccccc1Oc1cccc2n[nH]nc12)S(=O)(=O)ON=[N+]=[N-]. The molecule has 0 aliphatic rings. The molecule has 1 heterocycles. The number of aromatic amines is 1. The highest BCUT2D eigenvalue weighted by molar-refractivity contribution is 7.91. The third-order valence-electron chi connectivity index (χ3n) is 4.76. The molecule has 204 valence electrons. The number of rotatable bonds is 11. The quantitative estimate of drug-likeness (QED) is 0.0658. The molecule has 0 radical (unpaired) electrons. The van der Waals surface area contributed by atoms with Crippen LogP contribution in [-0.4, -0.2) is 46.9 Å². The van der Waals surface area contributed by atoms with Crippen molar-refractivity contribution in [2.45, 2.75) is 10.0 Å². The summed E-state index contributed by atoms with van der Waals surface area (Å²) in [6.45, 7) is 0. The highest BCUT2D eigenvalue weighted by Crippen LogP contribution is 2.45. The Balaban J connectivity index is 2.01. The zero-order chi connectivity index (χ0) is 28.3. The zero-order valence-corrected chi connectivity index (χ0v) is 21.9. The average Bonchev–Trinajstić information content (AvgIpc) is 3.37. The van der Waals surface area contributed by atoms with Gasteiger partial charge in [-0.15, -0.1) is 0 Å². The Morgan fingerprint density at radius 2 is 1.51 bits per heavy atom. The Kier molecular flexibility index (Phi) is 7.46. The minimum atomic E-state index is -5.76. The lowest BCUT2D eigenvalue weighted by Crippen LogP contribution is -2.45. The summed E-state index contributed by atoms with van der Waals surface area (Å²) in [5.41, 5.74) is 8.37. The number of benzene rings is 3. The van der Waals surface area contributed by atoms with E-state index < -0.39 is 51.7 Å². The molecule has 0 bridgehead atoms. The fourth-order valence-corrected chi connectivity index (χ4v) is 6.78. The molecule has 4 rings (SSSR count). The molecule has 0 saturated heterocycles. The molecule has 39 heavy (non-hydrogen) atoms. The van der Waals surface area contributed by atoms with Crippen LogP contribution in [0.4, 0.5) is 0 Å². The second kappa shape index (κ2) is 10.5. The number of nitrogens with one attached hydrogen (secondary N) is 1. The predicted molar refractivity (Wildman–Crippen MR) is 132 cm³/mol. The first kappa shape index (κ1) is 27.8. The number of fused-ring (bicyclic) bond motifs is 1. The van der Waals surface area contributed by atoms with E-state index in [1.54, 1.807) is 6.07 Å². The van der Waals surface area contributed by atoms with E-state index in [2.05, 4.69) is 29.9 Å². The van der Waals surface area contributed by atoms with Gasteiger partial charge in [-0.3, -0.25) is 0 Å². The number of H-pyrrole nitrogens is 1. The van der Waals surface area contributed by atoms with Crippen LogP contribution in [0.3, 0.4) is 0 Å². The minimum Gasteiger partial charge on any atom is -0.454 e.